The van der Waals surface area contributed by atoms with E-state index >= 15 is 0 Å². The van der Waals surface area contributed by atoms with Gasteiger partial charge in [-0.05, 0) is 53.6 Å². The molecule has 0 fully saturated rings. The lowest BCUT2D eigenvalue weighted by Gasteiger charge is -2.13. The molecule has 0 saturated carbocycles. The van der Waals surface area contributed by atoms with Crippen LogP contribution in [0.5, 0.6) is 23.0 Å². The Labute approximate surface area is 206 Å². The maximum absolute atomic E-state index is 14.0. The number of hydrogen-bond donors (Lipinski definition) is 1. The van der Waals surface area contributed by atoms with E-state index in [1.165, 1.54) is 25.3 Å². The zero-order valence-electron chi connectivity index (χ0n) is 18.6. The van der Waals surface area contributed by atoms with Gasteiger partial charge in [-0.1, -0.05) is 29.8 Å². The van der Waals surface area contributed by atoms with Crippen molar-refractivity contribution in [2.24, 2.45) is 0 Å². The van der Waals surface area contributed by atoms with E-state index in [1.807, 2.05) is 12.1 Å². The Hall–Kier alpha value is -4.22. The van der Waals surface area contributed by atoms with E-state index in [0.717, 1.165) is 5.56 Å². The molecule has 1 heterocycles. The van der Waals surface area contributed by atoms with Crippen molar-refractivity contribution >= 4 is 23.6 Å². The largest absolute Gasteiger partial charge is 0.493 e. The molecule has 0 saturated heterocycles. The first kappa shape index (κ1) is 23.9. The molecule has 0 aromatic heterocycles. The van der Waals surface area contributed by atoms with E-state index in [2.05, 4.69) is 5.32 Å². The van der Waals surface area contributed by atoms with E-state index in [4.69, 9.17) is 30.5 Å². The Morgan fingerprint density at radius 2 is 2.00 bits per heavy atom. The summed E-state index contributed by atoms with van der Waals surface area (Å²) in [4.78, 5) is 12.6. The minimum Gasteiger partial charge on any atom is -0.493 e. The van der Waals surface area contributed by atoms with Crippen molar-refractivity contribution in [1.82, 2.24) is 5.32 Å². The predicted molar refractivity (Wildman–Crippen MR) is 127 cm³/mol. The van der Waals surface area contributed by atoms with Gasteiger partial charge in [0.25, 0.3) is 5.91 Å². The van der Waals surface area contributed by atoms with Crippen LogP contribution in [0, 0.1) is 17.1 Å². The Morgan fingerprint density at radius 3 is 2.77 bits per heavy atom. The van der Waals surface area contributed by atoms with Crippen molar-refractivity contribution in [2.45, 2.75) is 13.2 Å². The maximum atomic E-state index is 14.0. The van der Waals surface area contributed by atoms with Crippen LogP contribution in [0.3, 0.4) is 0 Å². The number of benzene rings is 3. The summed E-state index contributed by atoms with van der Waals surface area (Å²) in [6.45, 7) is 0.280. The highest BCUT2D eigenvalue weighted by Gasteiger charge is 2.15. The molecule has 3 aromatic carbocycles. The van der Waals surface area contributed by atoms with Gasteiger partial charge < -0.3 is 24.3 Å². The summed E-state index contributed by atoms with van der Waals surface area (Å²) in [5, 5.41) is 12.5. The van der Waals surface area contributed by atoms with Gasteiger partial charge in [0.05, 0.1) is 12.1 Å². The highest BCUT2D eigenvalue weighted by Crippen LogP contribution is 2.33. The summed E-state index contributed by atoms with van der Waals surface area (Å²) in [7, 11) is 1.45. The molecule has 178 valence electrons. The zero-order valence-corrected chi connectivity index (χ0v) is 19.4. The van der Waals surface area contributed by atoms with Gasteiger partial charge in [0.1, 0.15) is 24.1 Å². The van der Waals surface area contributed by atoms with Crippen LogP contribution < -0.4 is 24.3 Å². The first-order valence-corrected chi connectivity index (χ1v) is 10.9. The van der Waals surface area contributed by atoms with Crippen molar-refractivity contribution < 1.29 is 28.1 Å². The average Bonchev–Trinajstić information content (AvgIpc) is 3.34. The highest BCUT2D eigenvalue weighted by molar-refractivity contribution is 6.31. The van der Waals surface area contributed by atoms with E-state index in [9.17, 15) is 14.4 Å². The van der Waals surface area contributed by atoms with Gasteiger partial charge >= 0.3 is 0 Å². The summed E-state index contributed by atoms with van der Waals surface area (Å²) in [5.74, 6) is 0.967. The third-order valence-corrected chi connectivity index (χ3v) is 5.54. The molecule has 35 heavy (non-hydrogen) atoms. The summed E-state index contributed by atoms with van der Waals surface area (Å²) in [6.07, 6.45) is 1.44. The van der Waals surface area contributed by atoms with E-state index in [-0.39, 0.29) is 36.1 Å². The second-order valence-electron chi connectivity index (χ2n) is 7.44. The van der Waals surface area contributed by atoms with Gasteiger partial charge in [0.15, 0.2) is 23.0 Å². The molecule has 0 unspecified atom stereocenters. The van der Waals surface area contributed by atoms with Crippen LogP contribution in [0.1, 0.15) is 16.7 Å². The lowest BCUT2D eigenvalue weighted by Crippen LogP contribution is -2.23. The molecule has 1 aliphatic rings. The van der Waals surface area contributed by atoms with Crippen LogP contribution >= 0.6 is 11.6 Å². The molecule has 1 aliphatic heterocycles. The van der Waals surface area contributed by atoms with Crippen molar-refractivity contribution in [3.8, 4) is 29.1 Å². The number of rotatable bonds is 8. The van der Waals surface area contributed by atoms with Crippen molar-refractivity contribution in [2.75, 3.05) is 13.9 Å². The number of nitrogens with zero attached hydrogens (tertiary/aromatic N) is 1. The minimum atomic E-state index is -0.529. The number of carbonyl (C=O) groups excluding carboxylic acids is 1. The topological polar surface area (TPSA) is 89.8 Å². The molecular weight excluding hydrogens is 475 g/mol. The molecule has 0 spiro atoms. The number of nitriles is 1. The number of nitrogens with one attached hydrogen (secondary N) is 1. The first-order valence-electron chi connectivity index (χ1n) is 10.5. The normalized spacial score (nSPS) is 12.1. The number of ether oxygens (including phenoxy) is 4. The molecule has 1 amide bonds. The summed E-state index contributed by atoms with van der Waals surface area (Å²) in [6, 6.07) is 16.5. The second kappa shape index (κ2) is 10.8. The van der Waals surface area contributed by atoms with Crippen molar-refractivity contribution in [1.29, 1.82) is 5.26 Å². The molecule has 9 heteroatoms. The van der Waals surface area contributed by atoms with E-state index in [1.54, 1.807) is 36.4 Å². The fourth-order valence-electron chi connectivity index (χ4n) is 3.36. The average molecular weight is 495 g/mol. The molecule has 3 aromatic rings. The Kier molecular flexibility index (Phi) is 7.38. The Morgan fingerprint density at radius 1 is 1.17 bits per heavy atom. The van der Waals surface area contributed by atoms with Crippen LogP contribution in [-0.2, 0) is 17.9 Å². The number of hydrogen-bond acceptors (Lipinski definition) is 6. The number of fused-ring (bicyclic) bond motifs is 1. The van der Waals surface area contributed by atoms with Crippen molar-refractivity contribution in [3.05, 3.63) is 87.7 Å². The molecule has 7 nitrogen and oxygen atoms in total. The molecule has 4 rings (SSSR count). The fourth-order valence-corrected chi connectivity index (χ4v) is 3.57. The van der Waals surface area contributed by atoms with E-state index < -0.39 is 11.7 Å². The zero-order chi connectivity index (χ0) is 24.8. The summed E-state index contributed by atoms with van der Waals surface area (Å²) < 4.78 is 35.7. The fraction of sp³-hybridized carbons (Fsp3) is 0.154. The molecule has 0 radical (unpaired) electrons. The summed E-state index contributed by atoms with van der Waals surface area (Å²) >= 11 is 6.05. The maximum Gasteiger partial charge on any atom is 0.262 e. The quantitative estimate of drug-likeness (QED) is 0.349. The van der Waals surface area contributed by atoms with Crippen LogP contribution in [0.2, 0.25) is 5.02 Å². The second-order valence-corrected chi connectivity index (χ2v) is 7.85. The van der Waals surface area contributed by atoms with Gasteiger partial charge in [-0.25, -0.2) is 4.39 Å². The van der Waals surface area contributed by atoms with Crippen LogP contribution in [0.4, 0.5) is 4.39 Å². The lowest BCUT2D eigenvalue weighted by molar-refractivity contribution is -0.117. The Balaban J connectivity index is 1.44. The smallest absolute Gasteiger partial charge is 0.262 e. The number of carbonyl (C=O) groups is 1. The van der Waals surface area contributed by atoms with Crippen LogP contribution in [0.15, 0.2) is 60.2 Å². The predicted octanol–water partition coefficient (Wildman–Crippen LogP) is 5.02. The van der Waals surface area contributed by atoms with Gasteiger partial charge in [0.2, 0.25) is 6.79 Å². The monoisotopic (exact) mass is 494 g/mol. The standard InChI is InChI=1S/C26H20ClFN2O5/c1-32-24-10-16(5-7-22(24)33-14-19-20(27)3-2-4-21(19)28)9-18(12-29)26(31)30-13-17-6-8-23-25(11-17)35-15-34-23/h2-11H,13-15H2,1H3,(H,30,31)/b18-9+. The third kappa shape index (κ3) is 5.65. The van der Waals surface area contributed by atoms with Gasteiger partial charge in [-0.3, -0.25) is 4.79 Å². The van der Waals surface area contributed by atoms with Gasteiger partial charge in [-0.2, -0.15) is 5.26 Å². The van der Waals surface area contributed by atoms with Crippen molar-refractivity contribution in [3.63, 3.8) is 0 Å². The first-order chi connectivity index (χ1) is 17.0. The lowest BCUT2D eigenvalue weighted by atomic mass is 10.1. The number of halogens is 2. The molecule has 0 bridgehead atoms. The number of amides is 1. The van der Waals surface area contributed by atoms with Gasteiger partial charge in [0, 0.05) is 12.1 Å². The highest BCUT2D eigenvalue weighted by atomic mass is 35.5. The molecule has 0 aliphatic carbocycles. The molecule has 0 atom stereocenters. The van der Waals surface area contributed by atoms with Crippen LogP contribution in [0.25, 0.3) is 6.08 Å². The van der Waals surface area contributed by atoms with Gasteiger partial charge in [-0.15, -0.1) is 0 Å². The molecule has 1 N–H and O–H groups in total. The number of methoxy groups -OCH3 is 1. The minimum absolute atomic E-state index is 0.0837. The van der Waals surface area contributed by atoms with Crippen LogP contribution in [-0.4, -0.2) is 19.8 Å². The summed E-state index contributed by atoms with van der Waals surface area (Å²) in [5.41, 5.74) is 1.50. The third-order valence-electron chi connectivity index (χ3n) is 5.19. The SMILES string of the molecule is COc1cc(/C=C(\C#N)C(=O)NCc2ccc3c(c2)OCO3)ccc1OCc1c(F)cccc1Cl. The Bertz CT molecular complexity index is 1320. The van der Waals surface area contributed by atoms with E-state index in [0.29, 0.717) is 28.6 Å². The molecular formula is C26H20ClFN2O5.